The lowest BCUT2D eigenvalue weighted by Gasteiger charge is -2.35. The van der Waals surface area contributed by atoms with Crippen molar-refractivity contribution in [3.63, 3.8) is 0 Å². The van der Waals surface area contributed by atoms with Crippen molar-refractivity contribution in [2.24, 2.45) is 4.99 Å². The summed E-state index contributed by atoms with van der Waals surface area (Å²) in [6.07, 6.45) is 1.28. The Morgan fingerprint density at radius 1 is 1.18 bits per heavy atom. The smallest absolute Gasteiger partial charge is 0.253 e. The number of amidine groups is 1. The zero-order valence-corrected chi connectivity index (χ0v) is 16.4. The molecule has 0 unspecified atom stereocenters. The van der Waals surface area contributed by atoms with Crippen LogP contribution in [0.15, 0.2) is 53.5 Å². The van der Waals surface area contributed by atoms with Gasteiger partial charge in [-0.3, -0.25) is 4.79 Å². The van der Waals surface area contributed by atoms with E-state index in [0.29, 0.717) is 49.0 Å². The third kappa shape index (κ3) is 3.84. The minimum Gasteiger partial charge on any atom is -0.494 e. The van der Waals surface area contributed by atoms with E-state index in [1.54, 1.807) is 0 Å². The minimum atomic E-state index is -0.620. The van der Waals surface area contributed by atoms with Crippen molar-refractivity contribution in [1.29, 1.82) is 0 Å². The van der Waals surface area contributed by atoms with Gasteiger partial charge < -0.3 is 9.64 Å². The van der Waals surface area contributed by atoms with Crippen molar-refractivity contribution in [2.45, 2.75) is 25.5 Å². The summed E-state index contributed by atoms with van der Waals surface area (Å²) >= 11 is 5.95. The highest BCUT2D eigenvalue weighted by atomic mass is 35.5. The molecule has 1 fully saturated rings. The molecule has 0 aliphatic carbocycles. The van der Waals surface area contributed by atoms with Gasteiger partial charge >= 0.3 is 0 Å². The molecule has 2 aliphatic heterocycles. The molecular formula is C21H22ClN3O3. The first-order chi connectivity index (χ1) is 13.6. The number of aliphatic imine (C=N–C) groups is 1. The maximum absolute atomic E-state index is 12.8. The fourth-order valence-electron chi connectivity index (χ4n) is 3.44. The third-order valence-electron chi connectivity index (χ3n) is 5.02. The quantitative estimate of drug-likeness (QED) is 0.852. The Labute approximate surface area is 169 Å². The predicted octanol–water partition coefficient (Wildman–Crippen LogP) is 3.65. The van der Waals surface area contributed by atoms with Gasteiger partial charge in [0.25, 0.3) is 5.91 Å². The second-order valence-corrected chi connectivity index (χ2v) is 7.30. The molecular weight excluding hydrogens is 378 g/mol. The first kappa shape index (κ1) is 18.8. The van der Waals surface area contributed by atoms with Gasteiger partial charge in [-0.2, -0.15) is 0 Å². The number of hydrogen-bond acceptors (Lipinski definition) is 5. The van der Waals surface area contributed by atoms with E-state index >= 15 is 0 Å². The van der Waals surface area contributed by atoms with E-state index in [1.807, 2.05) is 60.4 Å². The van der Waals surface area contributed by atoms with Crippen molar-refractivity contribution >= 4 is 23.3 Å². The molecule has 7 heteroatoms. The van der Waals surface area contributed by atoms with E-state index in [0.717, 1.165) is 11.3 Å². The van der Waals surface area contributed by atoms with Crippen LogP contribution in [0.3, 0.4) is 0 Å². The molecule has 28 heavy (non-hydrogen) atoms. The number of halogens is 1. The number of piperidine rings is 1. The number of ether oxygens (including phenoxy) is 1. The van der Waals surface area contributed by atoms with Gasteiger partial charge in [0.1, 0.15) is 5.75 Å². The summed E-state index contributed by atoms with van der Waals surface area (Å²) in [6.45, 7) is 3.72. The van der Waals surface area contributed by atoms with Crippen LogP contribution in [-0.4, -0.2) is 42.1 Å². The van der Waals surface area contributed by atoms with E-state index in [2.05, 4.69) is 5.48 Å². The number of amides is 1. The topological polar surface area (TPSA) is 63.2 Å². The molecule has 0 bridgehead atoms. The van der Waals surface area contributed by atoms with Crippen molar-refractivity contribution in [3.8, 4) is 5.75 Å². The predicted molar refractivity (Wildman–Crippen MR) is 108 cm³/mol. The van der Waals surface area contributed by atoms with Crippen LogP contribution in [0.1, 0.15) is 35.7 Å². The van der Waals surface area contributed by atoms with Gasteiger partial charge in [0.2, 0.25) is 0 Å². The van der Waals surface area contributed by atoms with Crippen LogP contribution in [-0.2, 0) is 4.84 Å². The van der Waals surface area contributed by atoms with Crippen molar-refractivity contribution in [3.05, 3.63) is 64.7 Å². The van der Waals surface area contributed by atoms with Gasteiger partial charge in [-0.25, -0.2) is 15.3 Å². The van der Waals surface area contributed by atoms with Crippen molar-refractivity contribution < 1.29 is 14.4 Å². The van der Waals surface area contributed by atoms with Crippen LogP contribution in [0.25, 0.3) is 0 Å². The summed E-state index contributed by atoms with van der Waals surface area (Å²) in [5.74, 6) is 1.49. The van der Waals surface area contributed by atoms with Crippen molar-refractivity contribution in [1.82, 2.24) is 10.4 Å². The Morgan fingerprint density at radius 2 is 1.86 bits per heavy atom. The summed E-state index contributed by atoms with van der Waals surface area (Å²) in [5.41, 5.74) is 3.90. The molecule has 1 spiro atoms. The molecule has 1 amide bonds. The summed E-state index contributed by atoms with van der Waals surface area (Å²) in [4.78, 5) is 25.2. The number of rotatable bonds is 4. The Hall–Kier alpha value is -2.57. The van der Waals surface area contributed by atoms with E-state index in [4.69, 9.17) is 26.2 Å². The molecule has 2 aromatic carbocycles. The van der Waals surface area contributed by atoms with Crippen LogP contribution >= 0.6 is 11.6 Å². The zero-order valence-electron chi connectivity index (χ0n) is 15.7. The second kappa shape index (κ2) is 7.81. The highest BCUT2D eigenvalue weighted by molar-refractivity contribution is 6.30. The molecule has 1 N–H and O–H groups in total. The van der Waals surface area contributed by atoms with E-state index in [-0.39, 0.29) is 5.91 Å². The maximum Gasteiger partial charge on any atom is 0.253 e. The van der Waals surface area contributed by atoms with Gasteiger partial charge in [-0.1, -0.05) is 11.6 Å². The number of carbonyl (C=O) groups is 1. The molecule has 0 atom stereocenters. The highest BCUT2D eigenvalue weighted by Gasteiger charge is 2.41. The molecule has 4 rings (SSSR count). The molecule has 146 valence electrons. The lowest BCUT2D eigenvalue weighted by Crippen LogP contribution is -2.46. The summed E-state index contributed by atoms with van der Waals surface area (Å²) in [5, 5.41) is 0.680. The monoisotopic (exact) mass is 399 g/mol. The van der Waals surface area contributed by atoms with Crippen LogP contribution in [0, 0.1) is 0 Å². The molecule has 1 saturated heterocycles. The van der Waals surface area contributed by atoms with E-state index in [1.165, 1.54) is 0 Å². The van der Waals surface area contributed by atoms with Crippen molar-refractivity contribution in [2.75, 3.05) is 19.7 Å². The van der Waals surface area contributed by atoms with Crippen LogP contribution in [0.2, 0.25) is 5.02 Å². The lowest BCUT2D eigenvalue weighted by molar-refractivity contribution is -0.0849. The lowest BCUT2D eigenvalue weighted by atomic mass is 10.00. The third-order valence-corrected chi connectivity index (χ3v) is 5.27. The summed E-state index contributed by atoms with van der Waals surface area (Å²) in [7, 11) is 0. The minimum absolute atomic E-state index is 0.0192. The number of hydrogen-bond donors (Lipinski definition) is 1. The Morgan fingerprint density at radius 3 is 2.50 bits per heavy atom. The number of hydroxylamine groups is 1. The summed E-state index contributed by atoms with van der Waals surface area (Å²) < 4.78 is 5.43. The standard InChI is InChI=1S/C21H22ClN3O3/c1-2-27-18-9-5-16(6-10-18)20(26)25-13-11-21(12-14-25)23-19(24-28-21)15-3-7-17(22)8-4-15/h3-10H,2,11-14H2,1H3,(H,23,24). The molecule has 2 aliphatic rings. The number of benzene rings is 2. The largest absolute Gasteiger partial charge is 0.494 e. The number of carbonyl (C=O) groups excluding carboxylic acids is 1. The Kier molecular flexibility index (Phi) is 5.24. The molecule has 2 heterocycles. The van der Waals surface area contributed by atoms with Gasteiger partial charge in [0.05, 0.1) is 6.61 Å². The Bertz CT molecular complexity index is 873. The van der Waals surface area contributed by atoms with Crippen LogP contribution < -0.4 is 10.2 Å². The number of nitrogens with one attached hydrogen (secondary N) is 1. The molecule has 0 radical (unpaired) electrons. The number of nitrogens with zero attached hydrogens (tertiary/aromatic N) is 2. The first-order valence-corrected chi connectivity index (χ1v) is 9.78. The SMILES string of the molecule is CCOc1ccc(C(=O)N2CCC3(CC2)N=C(c2ccc(Cl)cc2)NO3)cc1. The molecule has 6 nitrogen and oxygen atoms in total. The highest BCUT2D eigenvalue weighted by Crippen LogP contribution is 2.32. The first-order valence-electron chi connectivity index (χ1n) is 9.40. The molecule has 2 aromatic rings. The van der Waals surface area contributed by atoms with Gasteiger partial charge in [-0.15, -0.1) is 0 Å². The van der Waals surface area contributed by atoms with Gasteiger partial charge in [0.15, 0.2) is 11.6 Å². The van der Waals surface area contributed by atoms with Gasteiger partial charge in [-0.05, 0) is 55.5 Å². The Balaban J connectivity index is 1.40. The second-order valence-electron chi connectivity index (χ2n) is 6.87. The average molecular weight is 400 g/mol. The van der Waals surface area contributed by atoms with E-state index < -0.39 is 5.72 Å². The maximum atomic E-state index is 12.8. The zero-order chi connectivity index (χ0) is 19.6. The fourth-order valence-corrected chi connectivity index (χ4v) is 3.57. The summed E-state index contributed by atoms with van der Waals surface area (Å²) in [6, 6.07) is 14.7. The van der Waals surface area contributed by atoms with Crippen LogP contribution in [0.4, 0.5) is 0 Å². The van der Waals surface area contributed by atoms with Gasteiger partial charge in [0, 0.05) is 42.1 Å². The molecule has 0 saturated carbocycles. The molecule has 0 aromatic heterocycles. The number of likely N-dealkylation sites (tertiary alicyclic amines) is 1. The average Bonchev–Trinajstić information content (AvgIpc) is 3.13. The fraction of sp³-hybridized carbons (Fsp3) is 0.333. The normalized spacial score (nSPS) is 17.9. The van der Waals surface area contributed by atoms with Crippen LogP contribution in [0.5, 0.6) is 5.75 Å². The van der Waals surface area contributed by atoms with E-state index in [9.17, 15) is 4.79 Å².